The van der Waals surface area contributed by atoms with E-state index in [0.717, 1.165) is 24.2 Å². The number of aromatic nitrogens is 1. The predicted molar refractivity (Wildman–Crippen MR) is 91.5 cm³/mol. The van der Waals surface area contributed by atoms with E-state index in [0.29, 0.717) is 25.5 Å². The van der Waals surface area contributed by atoms with Crippen LogP contribution < -0.4 is 5.32 Å². The highest BCUT2D eigenvalue weighted by atomic mass is 19.1. The van der Waals surface area contributed by atoms with Crippen molar-refractivity contribution in [1.29, 1.82) is 0 Å². The molecule has 3 rings (SSSR count). The van der Waals surface area contributed by atoms with Crippen LogP contribution in [0.25, 0.3) is 0 Å². The van der Waals surface area contributed by atoms with E-state index < -0.39 is 6.10 Å². The molecule has 2 heterocycles. The molecule has 0 bridgehead atoms. The molecule has 0 saturated carbocycles. The van der Waals surface area contributed by atoms with Crippen LogP contribution in [0.15, 0.2) is 42.5 Å². The van der Waals surface area contributed by atoms with Gasteiger partial charge < -0.3 is 15.2 Å². The Balaban J connectivity index is 1.80. The second kappa shape index (κ2) is 7.28. The number of nitrogens with one attached hydrogen (secondary N) is 1. The fraction of sp³-hybridized carbons (Fsp3) is 0.421. The van der Waals surface area contributed by atoms with Crippen LogP contribution in [0.2, 0.25) is 0 Å². The summed E-state index contributed by atoms with van der Waals surface area (Å²) in [4.78, 5) is 4.44. The van der Waals surface area contributed by atoms with Gasteiger partial charge in [0.15, 0.2) is 0 Å². The number of aliphatic hydroxyl groups is 1. The van der Waals surface area contributed by atoms with Crippen molar-refractivity contribution >= 4 is 5.82 Å². The van der Waals surface area contributed by atoms with Gasteiger partial charge >= 0.3 is 0 Å². The van der Waals surface area contributed by atoms with E-state index in [-0.39, 0.29) is 11.2 Å². The van der Waals surface area contributed by atoms with Crippen molar-refractivity contribution in [3.63, 3.8) is 0 Å². The molecule has 5 heteroatoms. The van der Waals surface area contributed by atoms with Crippen molar-refractivity contribution in [2.24, 2.45) is 0 Å². The second-order valence-electron chi connectivity index (χ2n) is 6.38. The van der Waals surface area contributed by atoms with Gasteiger partial charge in [-0.05, 0) is 49.6 Å². The highest BCUT2D eigenvalue weighted by Gasteiger charge is 2.34. The summed E-state index contributed by atoms with van der Waals surface area (Å²) in [5, 5.41) is 13.1. The molecule has 128 valence electrons. The SMILES string of the molecule is CC(O)c1cccc(NCC2(c3ccc(F)cc3)CCOCC2)n1. The van der Waals surface area contributed by atoms with E-state index in [2.05, 4.69) is 10.3 Å². The average Bonchev–Trinajstić information content (AvgIpc) is 2.61. The maximum atomic E-state index is 13.3. The number of rotatable bonds is 5. The van der Waals surface area contributed by atoms with Crippen LogP contribution in [0.4, 0.5) is 10.2 Å². The predicted octanol–water partition coefficient (Wildman–Crippen LogP) is 3.43. The van der Waals surface area contributed by atoms with Crippen LogP contribution in [0, 0.1) is 5.82 Å². The standard InChI is InChI=1S/C19H23FN2O2/c1-14(23)17-3-2-4-18(22-17)21-13-19(9-11-24-12-10-19)15-5-7-16(20)8-6-15/h2-8,14,23H,9-13H2,1H3,(H,21,22). The smallest absolute Gasteiger partial charge is 0.126 e. The van der Waals surface area contributed by atoms with Gasteiger partial charge in [-0.25, -0.2) is 9.37 Å². The lowest BCUT2D eigenvalue weighted by Crippen LogP contribution is -2.40. The first kappa shape index (κ1) is 16.9. The van der Waals surface area contributed by atoms with Gasteiger partial charge in [0.1, 0.15) is 11.6 Å². The topological polar surface area (TPSA) is 54.4 Å². The van der Waals surface area contributed by atoms with Crippen LogP contribution in [0.5, 0.6) is 0 Å². The number of halogens is 1. The van der Waals surface area contributed by atoms with E-state index >= 15 is 0 Å². The Hall–Kier alpha value is -1.98. The zero-order valence-electron chi connectivity index (χ0n) is 13.8. The number of aliphatic hydroxyl groups excluding tert-OH is 1. The maximum Gasteiger partial charge on any atom is 0.126 e. The molecule has 1 unspecified atom stereocenters. The minimum atomic E-state index is -0.596. The Bertz CT molecular complexity index is 667. The van der Waals surface area contributed by atoms with Gasteiger partial charge in [0, 0.05) is 25.2 Å². The Morgan fingerprint density at radius 2 is 1.92 bits per heavy atom. The molecule has 1 aliphatic heterocycles. The monoisotopic (exact) mass is 330 g/mol. The molecule has 0 amide bonds. The summed E-state index contributed by atoms with van der Waals surface area (Å²) in [6.07, 6.45) is 1.16. The number of hydrogen-bond acceptors (Lipinski definition) is 4. The van der Waals surface area contributed by atoms with Gasteiger partial charge in [-0.2, -0.15) is 0 Å². The van der Waals surface area contributed by atoms with E-state index in [1.165, 1.54) is 12.1 Å². The van der Waals surface area contributed by atoms with Gasteiger partial charge in [0.2, 0.25) is 0 Å². The summed E-state index contributed by atoms with van der Waals surface area (Å²) in [6.45, 7) is 3.78. The van der Waals surface area contributed by atoms with Gasteiger partial charge in [0.25, 0.3) is 0 Å². The normalized spacial score (nSPS) is 18.1. The number of benzene rings is 1. The summed E-state index contributed by atoms with van der Waals surface area (Å²) in [6, 6.07) is 12.3. The molecule has 0 aliphatic carbocycles. The molecule has 0 spiro atoms. The molecule has 2 N–H and O–H groups in total. The molecule has 1 fully saturated rings. The van der Waals surface area contributed by atoms with Crippen LogP contribution in [0.1, 0.15) is 37.1 Å². The Kier molecular flexibility index (Phi) is 5.11. The minimum absolute atomic E-state index is 0.103. The fourth-order valence-corrected chi connectivity index (χ4v) is 3.18. The zero-order valence-corrected chi connectivity index (χ0v) is 13.8. The molecule has 24 heavy (non-hydrogen) atoms. The highest BCUT2D eigenvalue weighted by Crippen LogP contribution is 2.35. The van der Waals surface area contributed by atoms with Crippen LogP contribution in [-0.4, -0.2) is 29.8 Å². The fourth-order valence-electron chi connectivity index (χ4n) is 3.18. The molecule has 1 saturated heterocycles. The zero-order chi connectivity index (χ0) is 17.0. The van der Waals surface area contributed by atoms with Crippen molar-refractivity contribution in [3.05, 3.63) is 59.5 Å². The number of anilines is 1. The molecular formula is C19H23FN2O2. The van der Waals surface area contributed by atoms with Gasteiger partial charge in [0.05, 0.1) is 11.8 Å². The number of hydrogen-bond donors (Lipinski definition) is 2. The number of ether oxygens (including phenoxy) is 1. The van der Waals surface area contributed by atoms with Crippen LogP contribution in [0.3, 0.4) is 0 Å². The van der Waals surface area contributed by atoms with E-state index in [1.807, 2.05) is 24.3 Å². The summed E-state index contributed by atoms with van der Waals surface area (Å²) < 4.78 is 18.8. The lowest BCUT2D eigenvalue weighted by Gasteiger charge is -2.38. The van der Waals surface area contributed by atoms with E-state index in [1.54, 1.807) is 13.0 Å². The number of pyridine rings is 1. The first-order chi connectivity index (χ1) is 11.6. The largest absolute Gasteiger partial charge is 0.387 e. The Labute approximate surface area is 141 Å². The maximum absolute atomic E-state index is 13.3. The molecular weight excluding hydrogens is 307 g/mol. The average molecular weight is 330 g/mol. The summed E-state index contributed by atoms with van der Waals surface area (Å²) in [5.41, 5.74) is 1.66. The van der Waals surface area contributed by atoms with E-state index in [4.69, 9.17) is 4.74 Å². The van der Waals surface area contributed by atoms with Gasteiger partial charge in [-0.15, -0.1) is 0 Å². The van der Waals surface area contributed by atoms with Crippen molar-refractivity contribution in [2.75, 3.05) is 25.1 Å². The first-order valence-electron chi connectivity index (χ1n) is 8.32. The molecule has 1 aromatic heterocycles. The third-order valence-corrected chi connectivity index (χ3v) is 4.71. The van der Waals surface area contributed by atoms with Crippen molar-refractivity contribution < 1.29 is 14.2 Å². The lowest BCUT2D eigenvalue weighted by atomic mass is 9.74. The third-order valence-electron chi connectivity index (χ3n) is 4.71. The first-order valence-corrected chi connectivity index (χ1v) is 8.32. The Morgan fingerprint density at radius 1 is 1.21 bits per heavy atom. The Morgan fingerprint density at radius 3 is 2.58 bits per heavy atom. The van der Waals surface area contributed by atoms with Crippen LogP contribution >= 0.6 is 0 Å². The molecule has 1 atom stereocenters. The van der Waals surface area contributed by atoms with E-state index in [9.17, 15) is 9.50 Å². The van der Waals surface area contributed by atoms with Gasteiger partial charge in [-0.1, -0.05) is 18.2 Å². The van der Waals surface area contributed by atoms with Gasteiger partial charge in [-0.3, -0.25) is 0 Å². The van der Waals surface area contributed by atoms with Crippen molar-refractivity contribution in [3.8, 4) is 0 Å². The molecule has 2 aromatic rings. The highest BCUT2D eigenvalue weighted by molar-refractivity contribution is 5.38. The molecule has 4 nitrogen and oxygen atoms in total. The number of nitrogens with zero attached hydrogens (tertiary/aromatic N) is 1. The minimum Gasteiger partial charge on any atom is -0.387 e. The third kappa shape index (κ3) is 3.74. The summed E-state index contributed by atoms with van der Waals surface area (Å²) in [7, 11) is 0. The lowest BCUT2D eigenvalue weighted by molar-refractivity contribution is 0.0543. The quantitative estimate of drug-likeness (QED) is 0.882. The molecule has 1 aromatic carbocycles. The van der Waals surface area contributed by atoms with Crippen LogP contribution in [-0.2, 0) is 10.2 Å². The second-order valence-corrected chi connectivity index (χ2v) is 6.38. The molecule has 1 aliphatic rings. The summed E-state index contributed by atoms with van der Waals surface area (Å²) >= 11 is 0. The van der Waals surface area contributed by atoms with Crippen molar-refractivity contribution in [2.45, 2.75) is 31.3 Å². The van der Waals surface area contributed by atoms with Crippen molar-refractivity contribution in [1.82, 2.24) is 4.98 Å². The molecule has 0 radical (unpaired) electrons. The summed E-state index contributed by atoms with van der Waals surface area (Å²) in [5.74, 6) is 0.515.